The van der Waals surface area contributed by atoms with Gasteiger partial charge in [-0.3, -0.25) is 0 Å². The fourth-order valence-electron chi connectivity index (χ4n) is 1.14. The van der Waals surface area contributed by atoms with Crippen molar-refractivity contribution in [3.8, 4) is 0 Å². The van der Waals surface area contributed by atoms with Crippen molar-refractivity contribution in [3.05, 3.63) is 29.3 Å². The third kappa shape index (κ3) is 7.24. The van der Waals surface area contributed by atoms with Gasteiger partial charge in [-0.05, 0) is 18.2 Å². The summed E-state index contributed by atoms with van der Waals surface area (Å²) < 4.78 is 0.210. The maximum absolute atomic E-state index is 9.87. The number of aliphatic hydroxyl groups is 1. The zero-order valence-corrected chi connectivity index (χ0v) is 12.8. The Morgan fingerprint density at radius 2 is 2.00 bits per heavy atom. The summed E-state index contributed by atoms with van der Waals surface area (Å²) in [6.07, 6.45) is -0.275. The van der Waals surface area contributed by atoms with E-state index in [0.29, 0.717) is 5.75 Å². The first kappa shape index (κ1) is 15.2. The van der Waals surface area contributed by atoms with Gasteiger partial charge >= 0.3 is 0 Å². The summed E-state index contributed by atoms with van der Waals surface area (Å²) in [4.78, 5) is 1.11. The number of benzene rings is 1. The van der Waals surface area contributed by atoms with Gasteiger partial charge in [0.1, 0.15) is 0 Å². The molecule has 0 aliphatic rings. The number of thioether (sulfide) groups is 2. The van der Waals surface area contributed by atoms with E-state index in [1.54, 1.807) is 23.5 Å². The lowest BCUT2D eigenvalue weighted by atomic mass is 10.3. The summed E-state index contributed by atoms with van der Waals surface area (Å²) in [5.74, 6) is 1.49. The minimum Gasteiger partial charge on any atom is -0.391 e. The fraction of sp³-hybridized carbons (Fsp3) is 0.538. The summed E-state index contributed by atoms with van der Waals surface area (Å²) in [6, 6.07) is 7.73. The predicted molar refractivity (Wildman–Crippen MR) is 80.4 cm³/mol. The molecule has 0 fully saturated rings. The highest BCUT2D eigenvalue weighted by molar-refractivity contribution is 8.01. The first-order valence-electron chi connectivity index (χ1n) is 5.57. The Balaban J connectivity index is 2.31. The summed E-state index contributed by atoms with van der Waals surface area (Å²) in [6.45, 7) is 6.48. The molecule has 1 aromatic rings. The van der Waals surface area contributed by atoms with Gasteiger partial charge in [-0.15, -0.1) is 11.8 Å². The van der Waals surface area contributed by atoms with Gasteiger partial charge < -0.3 is 5.11 Å². The second kappa shape index (κ2) is 6.93. The maximum atomic E-state index is 9.87. The van der Waals surface area contributed by atoms with Crippen LogP contribution in [0.1, 0.15) is 20.8 Å². The first-order chi connectivity index (χ1) is 7.87. The smallest absolute Gasteiger partial charge is 0.0724 e. The summed E-state index contributed by atoms with van der Waals surface area (Å²) in [5, 5.41) is 10.6. The van der Waals surface area contributed by atoms with Gasteiger partial charge in [0.2, 0.25) is 0 Å². The van der Waals surface area contributed by atoms with E-state index in [9.17, 15) is 5.11 Å². The Morgan fingerprint density at radius 3 is 2.59 bits per heavy atom. The van der Waals surface area contributed by atoms with E-state index in [1.807, 2.05) is 24.3 Å². The lowest BCUT2D eigenvalue weighted by molar-refractivity contribution is 0.225. The van der Waals surface area contributed by atoms with Crippen molar-refractivity contribution in [3.63, 3.8) is 0 Å². The van der Waals surface area contributed by atoms with Crippen LogP contribution in [0.25, 0.3) is 0 Å². The Kier molecular flexibility index (Phi) is 6.21. The van der Waals surface area contributed by atoms with Gasteiger partial charge in [0.15, 0.2) is 0 Å². The Labute approximate surface area is 117 Å². The molecule has 0 spiro atoms. The molecule has 0 aliphatic carbocycles. The lowest BCUT2D eigenvalue weighted by Crippen LogP contribution is -2.18. The van der Waals surface area contributed by atoms with Crippen molar-refractivity contribution in [2.45, 2.75) is 36.5 Å². The molecule has 1 nitrogen and oxygen atoms in total. The van der Waals surface area contributed by atoms with Crippen LogP contribution in [0.2, 0.25) is 5.02 Å². The molecule has 0 heterocycles. The van der Waals surface area contributed by atoms with E-state index in [4.69, 9.17) is 11.6 Å². The van der Waals surface area contributed by atoms with Gasteiger partial charge in [0.05, 0.1) is 6.10 Å². The van der Waals surface area contributed by atoms with Crippen molar-refractivity contribution in [2.75, 3.05) is 11.5 Å². The number of aliphatic hydroxyl groups excluding tert-OH is 1. The zero-order valence-electron chi connectivity index (χ0n) is 10.4. The molecule has 1 unspecified atom stereocenters. The zero-order chi connectivity index (χ0) is 12.9. The topological polar surface area (TPSA) is 20.2 Å². The van der Waals surface area contributed by atoms with E-state index < -0.39 is 0 Å². The summed E-state index contributed by atoms with van der Waals surface area (Å²) in [5.41, 5.74) is 0. The van der Waals surface area contributed by atoms with E-state index in [1.165, 1.54) is 0 Å². The van der Waals surface area contributed by atoms with Crippen molar-refractivity contribution in [2.24, 2.45) is 0 Å². The summed E-state index contributed by atoms with van der Waals surface area (Å²) in [7, 11) is 0. The highest BCUT2D eigenvalue weighted by Crippen LogP contribution is 2.26. The average molecular weight is 291 g/mol. The Morgan fingerprint density at radius 1 is 1.29 bits per heavy atom. The molecular weight excluding hydrogens is 272 g/mol. The molecule has 0 aromatic heterocycles. The minimum atomic E-state index is -0.275. The monoisotopic (exact) mass is 290 g/mol. The first-order valence-corrected chi connectivity index (χ1v) is 7.92. The maximum Gasteiger partial charge on any atom is 0.0724 e. The molecule has 17 heavy (non-hydrogen) atoms. The second-order valence-electron chi connectivity index (χ2n) is 4.85. The molecule has 0 aliphatic heterocycles. The molecule has 0 saturated carbocycles. The van der Waals surface area contributed by atoms with Crippen LogP contribution in [0.4, 0.5) is 0 Å². The molecular formula is C13H19ClOS2. The molecule has 0 saturated heterocycles. The molecule has 0 bridgehead atoms. The third-order valence-electron chi connectivity index (χ3n) is 1.95. The van der Waals surface area contributed by atoms with Crippen molar-refractivity contribution in [1.29, 1.82) is 0 Å². The van der Waals surface area contributed by atoms with Gasteiger partial charge in [-0.25, -0.2) is 0 Å². The largest absolute Gasteiger partial charge is 0.391 e. The van der Waals surface area contributed by atoms with Crippen molar-refractivity contribution >= 4 is 35.1 Å². The van der Waals surface area contributed by atoms with Crippen LogP contribution >= 0.6 is 35.1 Å². The Bertz CT molecular complexity index is 350. The normalized spacial score (nSPS) is 13.7. The van der Waals surface area contributed by atoms with Crippen LogP contribution in [0.3, 0.4) is 0 Å². The lowest BCUT2D eigenvalue weighted by Gasteiger charge is -2.19. The highest BCUT2D eigenvalue weighted by atomic mass is 35.5. The van der Waals surface area contributed by atoms with Crippen LogP contribution in [0.5, 0.6) is 0 Å². The highest BCUT2D eigenvalue weighted by Gasteiger charge is 2.14. The Hall–Kier alpha value is 0.170. The molecule has 4 heteroatoms. The number of halogens is 1. The molecule has 0 radical (unpaired) electrons. The van der Waals surface area contributed by atoms with E-state index in [2.05, 4.69) is 20.8 Å². The third-order valence-corrected chi connectivity index (χ3v) is 4.74. The van der Waals surface area contributed by atoms with Gasteiger partial charge in [-0.1, -0.05) is 38.4 Å². The molecule has 96 valence electrons. The van der Waals surface area contributed by atoms with Crippen LogP contribution in [-0.2, 0) is 0 Å². The van der Waals surface area contributed by atoms with E-state index in [-0.39, 0.29) is 10.9 Å². The number of hydrogen-bond donors (Lipinski definition) is 1. The van der Waals surface area contributed by atoms with Crippen molar-refractivity contribution in [1.82, 2.24) is 0 Å². The number of hydrogen-bond acceptors (Lipinski definition) is 3. The molecule has 1 N–H and O–H groups in total. The molecule has 1 aromatic carbocycles. The van der Waals surface area contributed by atoms with Crippen LogP contribution < -0.4 is 0 Å². The fourth-order valence-corrected chi connectivity index (χ4v) is 3.25. The van der Waals surface area contributed by atoms with Crippen LogP contribution in [0, 0.1) is 0 Å². The molecule has 0 amide bonds. The van der Waals surface area contributed by atoms with Crippen molar-refractivity contribution < 1.29 is 5.11 Å². The van der Waals surface area contributed by atoms with Gasteiger partial charge in [0.25, 0.3) is 0 Å². The molecule has 1 rings (SSSR count). The SMILES string of the molecule is CC(C)(C)SCC(O)CSc1cccc(Cl)c1. The quantitative estimate of drug-likeness (QED) is 0.816. The number of rotatable bonds is 5. The standard InChI is InChI=1S/C13H19ClOS2/c1-13(2,3)17-9-11(15)8-16-12-6-4-5-10(14)7-12/h4-7,11,15H,8-9H2,1-3H3. The van der Waals surface area contributed by atoms with Crippen LogP contribution in [0.15, 0.2) is 29.2 Å². The summed E-state index contributed by atoms with van der Waals surface area (Å²) >= 11 is 9.34. The average Bonchev–Trinajstić information content (AvgIpc) is 2.23. The second-order valence-corrected chi connectivity index (χ2v) is 8.22. The molecule has 1 atom stereocenters. The minimum absolute atomic E-state index is 0.210. The van der Waals surface area contributed by atoms with Gasteiger partial charge in [0, 0.05) is 26.2 Å². The van der Waals surface area contributed by atoms with Gasteiger partial charge in [-0.2, -0.15) is 11.8 Å². The van der Waals surface area contributed by atoms with E-state index in [0.717, 1.165) is 15.7 Å². The van der Waals surface area contributed by atoms with Crippen LogP contribution in [-0.4, -0.2) is 27.5 Å². The predicted octanol–water partition coefficient (Wildman–Crippen LogP) is 4.32. The van der Waals surface area contributed by atoms with E-state index >= 15 is 0 Å².